The fraction of sp³-hybridized carbons (Fsp3) is 0.548. The highest BCUT2D eigenvalue weighted by molar-refractivity contribution is 9.09. The number of urea groups is 1. The number of nitrogens with zero attached hydrogens (tertiary/aromatic N) is 2. The van der Waals surface area contributed by atoms with E-state index in [1.807, 2.05) is 13.0 Å². The number of rotatable bonds is 25. The highest BCUT2D eigenvalue weighted by Gasteiger charge is 2.64. The summed E-state index contributed by atoms with van der Waals surface area (Å²) < 4.78 is 29.6. The van der Waals surface area contributed by atoms with Crippen LogP contribution in [0.1, 0.15) is 119 Å². The number of amides is 10. The summed E-state index contributed by atoms with van der Waals surface area (Å²) in [6.45, 7) is 14.2. The van der Waals surface area contributed by atoms with Crippen molar-refractivity contribution in [1.82, 2.24) is 36.8 Å². The number of hydrogen-bond donors (Lipinski definition) is 9. The second-order valence-electron chi connectivity index (χ2n) is 23.2. The number of anilines is 2. The van der Waals surface area contributed by atoms with Gasteiger partial charge in [0.05, 0.1) is 36.6 Å². The first kappa shape index (κ1) is 73.1. The number of alkyl carbamates (subject to hydrolysis) is 1. The molecule has 10 amide bonds. The molecule has 3 aliphatic rings. The van der Waals surface area contributed by atoms with E-state index in [1.165, 1.54) is 65.4 Å². The molecule has 28 heteroatoms. The summed E-state index contributed by atoms with van der Waals surface area (Å²) in [6, 6.07) is 2.74. The first-order valence-electron chi connectivity index (χ1n) is 29.6. The van der Waals surface area contributed by atoms with E-state index in [-0.39, 0.29) is 65.7 Å². The minimum Gasteiger partial charge on any atom is -0.495 e. The number of likely N-dealkylation sites (N-methyl/N-ethyl adjacent to an activating group) is 1. The van der Waals surface area contributed by atoms with E-state index in [0.29, 0.717) is 48.8 Å². The van der Waals surface area contributed by atoms with Crippen molar-refractivity contribution >= 4 is 98.3 Å². The number of methoxy groups -OCH3 is 2. The molecule has 2 saturated heterocycles. The average molecular weight is 1340 g/mol. The van der Waals surface area contributed by atoms with Gasteiger partial charge in [-0.2, -0.15) is 0 Å². The lowest BCUT2D eigenvalue weighted by Gasteiger charge is -2.42. The van der Waals surface area contributed by atoms with Gasteiger partial charge in [-0.05, 0) is 94.7 Å². The smallest absolute Gasteiger partial charge is 0.409 e. The number of fused-ring (bicyclic) bond motifs is 5. The van der Waals surface area contributed by atoms with Crippen LogP contribution in [0.2, 0.25) is 5.02 Å². The molecule has 0 aromatic heterocycles. The third kappa shape index (κ3) is 19.2. The molecule has 3 heterocycles. The van der Waals surface area contributed by atoms with E-state index in [9.17, 15) is 53.1 Å². The summed E-state index contributed by atoms with van der Waals surface area (Å²) in [5.41, 5.74) is 3.81. The van der Waals surface area contributed by atoms with Gasteiger partial charge in [0.1, 0.15) is 52.8 Å². The van der Waals surface area contributed by atoms with Gasteiger partial charge in [0.15, 0.2) is 5.72 Å². The van der Waals surface area contributed by atoms with Crippen molar-refractivity contribution in [2.24, 2.45) is 17.6 Å². The fourth-order valence-corrected chi connectivity index (χ4v) is 11.1. The Bertz CT molecular complexity index is 3090. The molecule has 2 fully saturated rings. The molecule has 0 radical (unpaired) electrons. The van der Waals surface area contributed by atoms with Crippen LogP contribution in [-0.4, -0.2) is 177 Å². The highest BCUT2D eigenvalue weighted by Crippen LogP contribution is 2.49. The molecular formula is C62H86BrClN10O16. The molecule has 494 valence electrons. The molecule has 90 heavy (non-hydrogen) atoms. The number of aliphatic hydroxyl groups is 1. The molecule has 0 unspecified atom stereocenters. The maximum Gasteiger partial charge on any atom is 0.409 e. The van der Waals surface area contributed by atoms with E-state index in [2.05, 4.69) is 59.7 Å². The van der Waals surface area contributed by atoms with Gasteiger partial charge in [-0.15, -0.1) is 0 Å². The van der Waals surface area contributed by atoms with Gasteiger partial charge < -0.3 is 76.2 Å². The van der Waals surface area contributed by atoms with Crippen LogP contribution < -0.4 is 52.6 Å². The third-order valence-corrected chi connectivity index (χ3v) is 17.2. The quantitative estimate of drug-likeness (QED) is 0.0211. The minimum absolute atomic E-state index is 0.0345. The topological polar surface area (TPSA) is 357 Å². The van der Waals surface area contributed by atoms with Crippen molar-refractivity contribution in [2.75, 3.05) is 64.0 Å². The zero-order valence-electron chi connectivity index (χ0n) is 52.8. The summed E-state index contributed by atoms with van der Waals surface area (Å²) in [5, 5.41) is 30.8. The largest absolute Gasteiger partial charge is 0.495 e. The van der Waals surface area contributed by atoms with Crippen LogP contribution in [0.4, 0.5) is 21.0 Å². The van der Waals surface area contributed by atoms with Crippen molar-refractivity contribution in [2.45, 2.75) is 153 Å². The molecule has 26 nitrogen and oxygen atoms in total. The Balaban J connectivity index is 1.38. The van der Waals surface area contributed by atoms with Gasteiger partial charge in [-0.25, -0.2) is 14.4 Å². The second-order valence-corrected chi connectivity index (χ2v) is 24.2. The number of ether oxygens (including phenoxy) is 5. The standard InChI is InChI=1S/C62H86BrClN10O16/c1-33(2)51(71-48(75)21-14-13-15-24-67-53(77)35(4)32-63)56(80)70-42(19-17-25-68-59(65)83)55(79)69-41-23-22-39(29-40(41)54(78)66-8)57(81)73(9)37(6)58(82)89-47-30-49(76)74(10)43-27-38(28-44(86-11)50(43)64)26-34(3)18-16-20-46(87-12)62(85)31-45(88-60(84)72-62)36(5)52-61(47,7)90-52/h16,18,20,22-23,27-29,33,36-37,42,45-47,51-52,85H,4,13-15,17,19,21,24-26,30-32H2,1-3,5-12H3,(H,66,78)(H,67,77)(H,69,79)(H,70,80)(H,71,75)(H,72,84)(H3,65,68,83)/b20-16+,34-18+/t36-,37+,42+,45+,46-,47+,51+,52+,61+,62+/m1/s1. The average Bonchev–Trinajstić information content (AvgIpc) is 1.57. The molecule has 0 saturated carbocycles. The third-order valence-electron chi connectivity index (χ3n) is 16.2. The number of esters is 1. The van der Waals surface area contributed by atoms with Crippen LogP contribution in [0.15, 0.2) is 66.3 Å². The van der Waals surface area contributed by atoms with Gasteiger partial charge in [0.2, 0.25) is 29.5 Å². The van der Waals surface area contributed by atoms with Crippen LogP contribution >= 0.6 is 27.5 Å². The number of primary amides is 1. The Morgan fingerprint density at radius 3 is 2.34 bits per heavy atom. The number of benzene rings is 2. The summed E-state index contributed by atoms with van der Waals surface area (Å²) in [4.78, 5) is 137. The van der Waals surface area contributed by atoms with E-state index in [0.717, 1.165) is 16.0 Å². The number of alkyl halides is 1. The molecule has 2 aromatic rings. The number of allylic oxidation sites excluding steroid dienone is 3. The Hall–Kier alpha value is -7.59. The number of nitrogens with one attached hydrogen (secondary N) is 7. The summed E-state index contributed by atoms with van der Waals surface area (Å²) in [6.07, 6.45) is 1.63. The van der Waals surface area contributed by atoms with Crippen molar-refractivity contribution in [3.8, 4) is 5.75 Å². The predicted octanol–water partition coefficient (Wildman–Crippen LogP) is 4.83. The molecule has 4 bridgehead atoms. The van der Waals surface area contributed by atoms with E-state index in [1.54, 1.807) is 52.0 Å². The molecular weight excluding hydrogens is 1260 g/mol. The van der Waals surface area contributed by atoms with Crippen LogP contribution in [0.3, 0.4) is 0 Å². The maximum atomic E-state index is 14.6. The van der Waals surface area contributed by atoms with Gasteiger partial charge in [0.25, 0.3) is 11.8 Å². The second kappa shape index (κ2) is 32.9. The normalized spacial score (nSPS) is 23.5. The zero-order chi connectivity index (χ0) is 66.9. The minimum atomic E-state index is -1.94. The lowest BCUT2D eigenvalue weighted by molar-refractivity contribution is -0.158. The van der Waals surface area contributed by atoms with E-state index < -0.39 is 126 Å². The fourth-order valence-electron chi connectivity index (χ4n) is 10.5. The number of nitrogens with two attached hydrogens (primary N) is 1. The molecule has 2 aromatic carbocycles. The number of hydrogen-bond acceptors (Lipinski definition) is 16. The SMILES string of the molecule is C=C(CBr)C(=O)NCCCCCC(=O)N[C@H](C(=O)N[C@@H](CCCNC(N)=O)C(=O)Nc1ccc(C(=O)N(C)[C@@H](C)C(=O)O[C@H]2CC(=O)N(C)c3cc(cc(OC)c3Cl)C/C(C)=C/C=C/[C@@H](OC)[C@@]3(O)C[C@H](OC(=O)N3)[C@@H](C)[C@@H]3O[C@@]23C)cc1C(=O)NC)C(C)C. The van der Waals surface area contributed by atoms with Crippen molar-refractivity contribution in [1.29, 1.82) is 0 Å². The number of carbonyl (C=O) groups excluding carboxylic acids is 10. The Kier molecular flexibility index (Phi) is 26.8. The van der Waals surface area contributed by atoms with Crippen LogP contribution in [0.5, 0.6) is 5.75 Å². The van der Waals surface area contributed by atoms with Crippen LogP contribution in [0.25, 0.3) is 0 Å². The number of carbonyl (C=O) groups is 10. The number of unbranched alkanes of at least 4 members (excludes halogenated alkanes) is 2. The molecule has 10 atom stereocenters. The first-order chi connectivity index (χ1) is 42.4. The molecule has 3 aliphatic heterocycles. The number of halogens is 2. The Labute approximate surface area is 538 Å². The predicted molar refractivity (Wildman–Crippen MR) is 339 cm³/mol. The van der Waals surface area contributed by atoms with Crippen molar-refractivity contribution in [3.63, 3.8) is 0 Å². The molecule has 0 spiro atoms. The van der Waals surface area contributed by atoms with Crippen molar-refractivity contribution < 1.29 is 76.7 Å². The van der Waals surface area contributed by atoms with Crippen molar-refractivity contribution in [3.05, 3.63) is 88.0 Å². The van der Waals surface area contributed by atoms with Gasteiger partial charge in [-0.1, -0.05) is 85.1 Å². The van der Waals surface area contributed by atoms with Gasteiger partial charge in [0, 0.05) is 76.6 Å². The lowest BCUT2D eigenvalue weighted by atomic mass is 9.83. The summed E-state index contributed by atoms with van der Waals surface area (Å²) in [5.74, 6) is -6.00. The van der Waals surface area contributed by atoms with Crippen LogP contribution in [0, 0.1) is 11.8 Å². The Morgan fingerprint density at radius 2 is 1.70 bits per heavy atom. The monoisotopic (exact) mass is 1340 g/mol. The molecule has 0 aliphatic carbocycles. The highest BCUT2D eigenvalue weighted by atomic mass is 79.9. The maximum absolute atomic E-state index is 14.6. The summed E-state index contributed by atoms with van der Waals surface area (Å²) in [7, 11) is 6.99. The lowest BCUT2D eigenvalue weighted by Crippen LogP contribution is -2.63. The van der Waals surface area contributed by atoms with Gasteiger partial charge in [-0.3, -0.25) is 38.9 Å². The van der Waals surface area contributed by atoms with E-state index >= 15 is 0 Å². The van der Waals surface area contributed by atoms with Crippen LogP contribution in [-0.2, 0) is 54.1 Å². The van der Waals surface area contributed by atoms with Gasteiger partial charge >= 0.3 is 18.1 Å². The first-order valence-corrected chi connectivity index (χ1v) is 31.1. The summed E-state index contributed by atoms with van der Waals surface area (Å²) >= 11 is 10.1. The molecule has 5 rings (SSSR count). The number of epoxide rings is 1. The van der Waals surface area contributed by atoms with E-state index in [4.69, 9.17) is 41.0 Å². The molecule has 10 N–H and O–H groups in total. The zero-order valence-corrected chi connectivity index (χ0v) is 55.1. The Morgan fingerprint density at radius 1 is 1.00 bits per heavy atom.